The first-order chi connectivity index (χ1) is 16.0. The topological polar surface area (TPSA) is 92.1 Å². The minimum absolute atomic E-state index is 0.0491. The summed E-state index contributed by atoms with van der Waals surface area (Å²) in [6, 6.07) is 7.90. The highest BCUT2D eigenvalue weighted by Crippen LogP contribution is 2.40. The molecule has 1 aromatic carbocycles. The van der Waals surface area contributed by atoms with Gasteiger partial charge in [-0.3, -0.25) is 19.3 Å². The second-order valence-corrected chi connectivity index (χ2v) is 8.85. The van der Waals surface area contributed by atoms with Gasteiger partial charge in [-0.15, -0.1) is 0 Å². The maximum absolute atomic E-state index is 13.6. The molecule has 5 rings (SSSR count). The molecule has 1 spiro atoms. The van der Waals surface area contributed by atoms with Crippen molar-refractivity contribution in [1.29, 1.82) is 0 Å². The molecule has 0 radical (unpaired) electrons. The Bertz CT molecular complexity index is 1030. The van der Waals surface area contributed by atoms with Crippen LogP contribution in [0, 0.1) is 11.7 Å². The number of rotatable bonds is 5. The lowest BCUT2D eigenvalue weighted by atomic mass is 9.96. The van der Waals surface area contributed by atoms with Gasteiger partial charge in [0, 0.05) is 37.4 Å². The fraction of sp³-hybridized carbons (Fsp3) is 0.458. The molecule has 3 amide bonds. The van der Waals surface area contributed by atoms with Crippen LogP contribution in [0.25, 0.3) is 0 Å². The second-order valence-electron chi connectivity index (χ2n) is 8.85. The van der Waals surface area contributed by atoms with Crippen LogP contribution in [0.1, 0.15) is 41.8 Å². The highest BCUT2D eigenvalue weighted by molar-refractivity contribution is 5.98. The molecule has 0 bridgehead atoms. The van der Waals surface area contributed by atoms with E-state index in [0.717, 1.165) is 12.8 Å². The van der Waals surface area contributed by atoms with Crippen LogP contribution >= 0.6 is 0 Å². The van der Waals surface area contributed by atoms with E-state index in [-0.39, 0.29) is 36.4 Å². The van der Waals surface area contributed by atoms with Gasteiger partial charge < -0.3 is 19.4 Å². The van der Waals surface area contributed by atoms with Crippen molar-refractivity contribution in [2.24, 2.45) is 5.92 Å². The Labute approximate surface area is 190 Å². The molecule has 1 N–H and O–H groups in total. The zero-order valence-corrected chi connectivity index (χ0v) is 18.2. The number of nitrogens with one attached hydrogen (secondary N) is 1. The average Bonchev–Trinajstić information content (AvgIpc) is 3.43. The van der Waals surface area contributed by atoms with Crippen molar-refractivity contribution in [1.82, 2.24) is 15.1 Å². The Kier molecular flexibility index (Phi) is 5.65. The van der Waals surface area contributed by atoms with E-state index in [4.69, 9.17) is 9.15 Å². The largest absolute Gasteiger partial charge is 0.467 e. The summed E-state index contributed by atoms with van der Waals surface area (Å²) >= 11 is 0. The summed E-state index contributed by atoms with van der Waals surface area (Å²) in [6.07, 6.45) is 4.23. The van der Waals surface area contributed by atoms with Crippen LogP contribution in [0.15, 0.2) is 47.1 Å². The van der Waals surface area contributed by atoms with E-state index in [1.807, 2.05) is 4.90 Å². The molecular weight excluding hydrogens is 429 g/mol. The Hall–Kier alpha value is -3.20. The van der Waals surface area contributed by atoms with Gasteiger partial charge in [-0.1, -0.05) is 0 Å². The fourth-order valence-electron chi connectivity index (χ4n) is 4.67. The van der Waals surface area contributed by atoms with Gasteiger partial charge in [-0.05, 0) is 49.2 Å². The van der Waals surface area contributed by atoms with E-state index in [1.54, 1.807) is 12.1 Å². The summed E-state index contributed by atoms with van der Waals surface area (Å²) in [7, 11) is 0. The number of furan rings is 1. The van der Waals surface area contributed by atoms with Crippen molar-refractivity contribution in [3.05, 3.63) is 59.8 Å². The molecule has 2 saturated heterocycles. The molecular formula is C24H26FN3O5. The lowest BCUT2D eigenvalue weighted by Gasteiger charge is -2.44. The fourth-order valence-corrected chi connectivity index (χ4v) is 4.67. The number of amides is 3. The number of carbonyl (C=O) groups excluding carboxylic acids is 3. The highest BCUT2D eigenvalue weighted by atomic mass is 19.1. The van der Waals surface area contributed by atoms with E-state index >= 15 is 0 Å². The summed E-state index contributed by atoms with van der Waals surface area (Å²) < 4.78 is 24.9. The zero-order chi connectivity index (χ0) is 23.0. The molecule has 3 heterocycles. The van der Waals surface area contributed by atoms with Crippen LogP contribution in [0.2, 0.25) is 0 Å². The first-order valence-electron chi connectivity index (χ1n) is 11.3. The van der Waals surface area contributed by atoms with Gasteiger partial charge in [-0.25, -0.2) is 4.39 Å². The number of hydrogen-bond acceptors (Lipinski definition) is 5. The van der Waals surface area contributed by atoms with Gasteiger partial charge in [0.1, 0.15) is 23.3 Å². The first-order valence-corrected chi connectivity index (χ1v) is 11.3. The number of benzene rings is 1. The van der Waals surface area contributed by atoms with Crippen LogP contribution in [0.4, 0.5) is 4.39 Å². The minimum Gasteiger partial charge on any atom is -0.467 e. The van der Waals surface area contributed by atoms with Crippen molar-refractivity contribution in [2.75, 3.05) is 19.7 Å². The molecule has 3 aliphatic rings. The van der Waals surface area contributed by atoms with Crippen molar-refractivity contribution in [3.8, 4) is 0 Å². The molecule has 1 atom stereocenters. The first kappa shape index (κ1) is 21.6. The predicted molar refractivity (Wildman–Crippen MR) is 114 cm³/mol. The van der Waals surface area contributed by atoms with E-state index in [0.29, 0.717) is 31.7 Å². The van der Waals surface area contributed by atoms with E-state index in [2.05, 4.69) is 5.32 Å². The molecule has 1 aromatic heterocycles. The number of likely N-dealkylation sites (tertiary alicyclic amines) is 1. The van der Waals surface area contributed by atoms with Crippen molar-refractivity contribution < 1.29 is 27.9 Å². The molecule has 33 heavy (non-hydrogen) atoms. The Morgan fingerprint density at radius 2 is 1.82 bits per heavy atom. The molecule has 8 nitrogen and oxygen atoms in total. The number of carbonyl (C=O) groups is 3. The van der Waals surface area contributed by atoms with Crippen LogP contribution in [-0.4, -0.2) is 59.0 Å². The lowest BCUT2D eigenvalue weighted by molar-refractivity contribution is -0.144. The third-order valence-electron chi connectivity index (χ3n) is 6.67. The summed E-state index contributed by atoms with van der Waals surface area (Å²) in [4.78, 5) is 42.5. The van der Waals surface area contributed by atoms with E-state index in [1.165, 1.54) is 35.4 Å². The standard InChI is InChI=1S/C24H26FN3O5/c25-18-7-5-17(6-8-18)23(31)28-20(21(29)26-14-19-2-1-13-32-19)15-33-24(28)9-11-27(12-10-24)22(30)16-3-4-16/h1-2,5-8,13,16,20H,3-4,9-12,14-15H2,(H,26,29). The second kappa shape index (κ2) is 8.62. The number of hydrogen-bond donors (Lipinski definition) is 1. The van der Waals surface area contributed by atoms with Crippen molar-refractivity contribution in [2.45, 2.75) is 44.0 Å². The molecule has 1 unspecified atom stereocenters. The Morgan fingerprint density at radius 1 is 1.09 bits per heavy atom. The van der Waals surface area contributed by atoms with Gasteiger partial charge in [0.15, 0.2) is 0 Å². The summed E-state index contributed by atoms with van der Waals surface area (Å²) in [5.74, 6) is -0.311. The van der Waals surface area contributed by atoms with Crippen molar-refractivity contribution >= 4 is 17.7 Å². The summed E-state index contributed by atoms with van der Waals surface area (Å²) in [5.41, 5.74) is -0.708. The number of halogens is 1. The lowest BCUT2D eigenvalue weighted by Crippen LogP contribution is -2.59. The quantitative estimate of drug-likeness (QED) is 0.747. The normalized spacial score (nSPS) is 21.9. The van der Waals surface area contributed by atoms with Crippen molar-refractivity contribution in [3.63, 3.8) is 0 Å². The van der Waals surface area contributed by atoms with E-state index in [9.17, 15) is 18.8 Å². The Balaban J connectivity index is 1.37. The van der Waals surface area contributed by atoms with Gasteiger partial charge in [0.2, 0.25) is 11.8 Å². The molecule has 174 valence electrons. The van der Waals surface area contributed by atoms with Crippen LogP contribution in [-0.2, 0) is 20.9 Å². The van der Waals surface area contributed by atoms with Crippen LogP contribution in [0.3, 0.4) is 0 Å². The molecule has 9 heteroatoms. The SMILES string of the molecule is O=C(NCc1ccco1)C1COC2(CCN(C(=O)C3CC3)CC2)N1C(=O)c1ccc(F)cc1. The third kappa shape index (κ3) is 4.25. The Morgan fingerprint density at radius 3 is 2.45 bits per heavy atom. The molecule has 1 saturated carbocycles. The number of nitrogens with zero attached hydrogens (tertiary/aromatic N) is 2. The zero-order valence-electron chi connectivity index (χ0n) is 18.2. The van der Waals surface area contributed by atoms with Crippen LogP contribution < -0.4 is 5.32 Å². The van der Waals surface area contributed by atoms with Gasteiger partial charge >= 0.3 is 0 Å². The third-order valence-corrected chi connectivity index (χ3v) is 6.67. The predicted octanol–water partition coefficient (Wildman–Crippen LogP) is 2.30. The van der Waals surface area contributed by atoms with Gasteiger partial charge in [-0.2, -0.15) is 0 Å². The average molecular weight is 455 g/mol. The van der Waals surface area contributed by atoms with Gasteiger partial charge in [0.05, 0.1) is 19.4 Å². The molecule has 2 aliphatic heterocycles. The number of ether oxygens (including phenoxy) is 1. The van der Waals surface area contributed by atoms with Gasteiger partial charge in [0.25, 0.3) is 5.91 Å². The minimum atomic E-state index is -0.988. The highest BCUT2D eigenvalue weighted by Gasteiger charge is 2.54. The van der Waals surface area contributed by atoms with E-state index < -0.39 is 23.5 Å². The maximum Gasteiger partial charge on any atom is 0.256 e. The molecule has 2 aromatic rings. The number of piperidine rings is 1. The molecule has 3 fully saturated rings. The summed E-state index contributed by atoms with van der Waals surface area (Å²) in [5, 5.41) is 2.81. The maximum atomic E-state index is 13.6. The van der Waals surface area contributed by atoms with Crippen LogP contribution in [0.5, 0.6) is 0 Å². The monoisotopic (exact) mass is 455 g/mol. The smallest absolute Gasteiger partial charge is 0.256 e. The summed E-state index contributed by atoms with van der Waals surface area (Å²) in [6.45, 7) is 1.16. The molecule has 1 aliphatic carbocycles.